The average Bonchev–Trinajstić information content (AvgIpc) is 2.91. The van der Waals surface area contributed by atoms with Crippen LogP contribution in [0.25, 0.3) is 0 Å². The van der Waals surface area contributed by atoms with E-state index in [9.17, 15) is 28.8 Å². The van der Waals surface area contributed by atoms with Crippen molar-refractivity contribution in [3.05, 3.63) is 35.9 Å². The number of esters is 1. The fraction of sp³-hybridized carbons (Fsp3) is 0.600. The number of benzene rings is 1. The second-order valence-electron chi connectivity index (χ2n) is 11.8. The van der Waals surface area contributed by atoms with Gasteiger partial charge in [-0.2, -0.15) is 0 Å². The molecule has 0 saturated carbocycles. The van der Waals surface area contributed by atoms with Gasteiger partial charge in [0.15, 0.2) is 6.10 Å². The van der Waals surface area contributed by atoms with Gasteiger partial charge in [-0.3, -0.25) is 24.0 Å². The summed E-state index contributed by atoms with van der Waals surface area (Å²) in [5.41, 5.74) is 0.771. The maximum Gasteiger partial charge on any atom is 0.329 e. The molecular weight excluding hydrogens is 542 g/mol. The third-order valence-corrected chi connectivity index (χ3v) is 6.59. The van der Waals surface area contributed by atoms with Gasteiger partial charge in [0.05, 0.1) is 13.1 Å². The quantitative estimate of drug-likeness (QED) is 0.291. The summed E-state index contributed by atoms with van der Waals surface area (Å²) in [6.07, 6.45) is -0.634. The van der Waals surface area contributed by atoms with E-state index in [2.05, 4.69) is 26.6 Å². The topological polar surface area (TPSA) is 172 Å². The van der Waals surface area contributed by atoms with Gasteiger partial charge in [-0.25, -0.2) is 4.79 Å². The van der Waals surface area contributed by atoms with Crippen LogP contribution in [0.4, 0.5) is 0 Å². The van der Waals surface area contributed by atoms with Crippen molar-refractivity contribution in [2.75, 3.05) is 13.1 Å². The molecule has 5 amide bonds. The molecule has 42 heavy (non-hydrogen) atoms. The molecule has 1 saturated heterocycles. The highest BCUT2D eigenvalue weighted by atomic mass is 16.5. The molecule has 0 aliphatic carbocycles. The number of ether oxygens (including phenoxy) is 1. The van der Waals surface area contributed by atoms with Gasteiger partial charge in [-0.05, 0) is 36.2 Å². The van der Waals surface area contributed by atoms with Crippen LogP contribution in [0.3, 0.4) is 0 Å². The zero-order valence-electron chi connectivity index (χ0n) is 25.3. The van der Waals surface area contributed by atoms with Gasteiger partial charge in [-0.15, -0.1) is 0 Å². The van der Waals surface area contributed by atoms with Gasteiger partial charge >= 0.3 is 5.97 Å². The zero-order valence-corrected chi connectivity index (χ0v) is 25.3. The summed E-state index contributed by atoms with van der Waals surface area (Å²) < 4.78 is 5.55. The second kappa shape index (κ2) is 16.5. The van der Waals surface area contributed by atoms with E-state index in [-0.39, 0.29) is 37.0 Å². The summed E-state index contributed by atoms with van der Waals surface area (Å²) in [4.78, 5) is 78.2. The molecule has 0 spiro atoms. The van der Waals surface area contributed by atoms with Gasteiger partial charge in [0.2, 0.25) is 23.6 Å². The van der Waals surface area contributed by atoms with Crippen LogP contribution in [-0.2, 0) is 39.9 Å². The van der Waals surface area contributed by atoms with Crippen LogP contribution in [-0.4, -0.2) is 72.8 Å². The Labute approximate surface area is 247 Å². The minimum absolute atomic E-state index is 0.00395. The van der Waals surface area contributed by atoms with Crippen molar-refractivity contribution < 1.29 is 33.5 Å². The number of nitrogens with one attached hydrogen (secondary N) is 5. The molecule has 4 atom stereocenters. The standard InChI is InChI=1S/C30H45N5O7/c1-17(2)12-22-30(41)42-23(13-18(3)4)28(39)32-16-25(37)35-26(19(5)6)29(40)34-21(14-20-10-8-7-9-11-20)27(38)31-15-24(36)33-22/h7-11,17-19,21-23,26H,12-16H2,1-6H3,(H,31,38)(H,32,39)(H,33,36)(H,34,40)(H,35,37)/t21-,22-,23-,26+/m0/s1. The van der Waals surface area contributed by atoms with Crippen LogP contribution in [0.5, 0.6) is 0 Å². The molecule has 1 aliphatic rings. The average molecular weight is 588 g/mol. The minimum Gasteiger partial charge on any atom is -0.451 e. The highest BCUT2D eigenvalue weighted by Crippen LogP contribution is 2.13. The first-order valence-corrected chi connectivity index (χ1v) is 14.5. The van der Waals surface area contributed by atoms with E-state index in [1.54, 1.807) is 38.1 Å². The zero-order chi connectivity index (χ0) is 31.4. The van der Waals surface area contributed by atoms with E-state index in [4.69, 9.17) is 4.74 Å². The Hall–Kier alpha value is -3.96. The molecule has 5 N–H and O–H groups in total. The van der Waals surface area contributed by atoms with Gasteiger partial charge in [0.25, 0.3) is 5.91 Å². The predicted molar refractivity (Wildman–Crippen MR) is 156 cm³/mol. The third kappa shape index (κ3) is 11.5. The second-order valence-corrected chi connectivity index (χ2v) is 11.8. The lowest BCUT2D eigenvalue weighted by Gasteiger charge is -2.27. The lowest BCUT2D eigenvalue weighted by atomic mass is 10.0. The first kappa shape index (κ1) is 34.2. The lowest BCUT2D eigenvalue weighted by molar-refractivity contribution is -0.160. The molecule has 1 aliphatic heterocycles. The Morgan fingerprint density at radius 3 is 1.83 bits per heavy atom. The van der Waals surface area contributed by atoms with Crippen molar-refractivity contribution in [1.82, 2.24) is 26.6 Å². The molecule has 1 aromatic carbocycles. The SMILES string of the molecule is CC(C)C[C@@H]1NC(=O)CNC(=O)[C@H](Cc2ccccc2)NC(=O)[C@@H](C(C)C)NC(=O)CNC(=O)[C@H](CC(C)C)OC1=O. The van der Waals surface area contributed by atoms with E-state index in [1.165, 1.54) is 0 Å². The van der Waals surface area contributed by atoms with Crippen LogP contribution < -0.4 is 26.6 Å². The van der Waals surface area contributed by atoms with E-state index >= 15 is 0 Å². The van der Waals surface area contributed by atoms with E-state index < -0.39 is 72.8 Å². The van der Waals surface area contributed by atoms with E-state index in [0.717, 1.165) is 5.56 Å². The summed E-state index contributed by atoms with van der Waals surface area (Å²) in [6, 6.07) is 5.90. The Balaban J connectivity index is 2.39. The lowest BCUT2D eigenvalue weighted by Crippen LogP contribution is -2.58. The fourth-order valence-electron chi connectivity index (χ4n) is 4.44. The number of hydrogen-bond acceptors (Lipinski definition) is 7. The van der Waals surface area contributed by atoms with Crippen molar-refractivity contribution in [1.29, 1.82) is 0 Å². The summed E-state index contributed by atoms with van der Waals surface area (Å²) in [7, 11) is 0. The van der Waals surface area contributed by atoms with Gasteiger partial charge in [0, 0.05) is 6.42 Å². The Kier molecular flexibility index (Phi) is 13.4. The highest BCUT2D eigenvalue weighted by molar-refractivity contribution is 5.95. The number of hydrogen-bond donors (Lipinski definition) is 5. The van der Waals surface area contributed by atoms with Crippen molar-refractivity contribution in [2.24, 2.45) is 17.8 Å². The molecule has 12 heteroatoms. The molecule has 0 radical (unpaired) electrons. The summed E-state index contributed by atoms with van der Waals surface area (Å²) in [5.74, 6) is -4.28. The Morgan fingerprint density at radius 2 is 1.26 bits per heavy atom. The van der Waals surface area contributed by atoms with Crippen molar-refractivity contribution >= 4 is 35.5 Å². The molecule has 2 rings (SSSR count). The monoisotopic (exact) mass is 587 g/mol. The number of carbonyl (C=O) groups is 6. The molecule has 12 nitrogen and oxygen atoms in total. The normalized spacial score (nSPS) is 23.7. The summed E-state index contributed by atoms with van der Waals surface area (Å²) in [5, 5.41) is 13.0. The van der Waals surface area contributed by atoms with Crippen LogP contribution in [0.15, 0.2) is 30.3 Å². The molecule has 0 bridgehead atoms. The van der Waals surface area contributed by atoms with Gasteiger partial charge < -0.3 is 31.3 Å². The molecule has 1 heterocycles. The van der Waals surface area contributed by atoms with E-state index in [1.807, 2.05) is 33.8 Å². The molecular formula is C30H45N5O7. The Morgan fingerprint density at radius 1 is 0.690 bits per heavy atom. The first-order chi connectivity index (χ1) is 19.8. The van der Waals surface area contributed by atoms with Crippen LogP contribution >= 0.6 is 0 Å². The fourth-order valence-corrected chi connectivity index (χ4v) is 4.44. The predicted octanol–water partition coefficient (Wildman–Crippen LogP) is 0.590. The molecule has 0 aromatic heterocycles. The van der Waals surface area contributed by atoms with Crippen molar-refractivity contribution in [3.8, 4) is 0 Å². The Bertz CT molecular complexity index is 1110. The van der Waals surface area contributed by atoms with Gasteiger partial charge in [-0.1, -0.05) is 71.9 Å². The van der Waals surface area contributed by atoms with Crippen LogP contribution in [0, 0.1) is 17.8 Å². The minimum atomic E-state index is -1.20. The summed E-state index contributed by atoms with van der Waals surface area (Å²) in [6.45, 7) is 9.99. The molecule has 1 fully saturated rings. The highest BCUT2D eigenvalue weighted by Gasteiger charge is 2.32. The van der Waals surface area contributed by atoms with Crippen LogP contribution in [0.2, 0.25) is 0 Å². The number of amides is 5. The van der Waals surface area contributed by atoms with E-state index in [0.29, 0.717) is 0 Å². The van der Waals surface area contributed by atoms with Crippen LogP contribution in [0.1, 0.15) is 59.9 Å². The number of rotatable bonds is 7. The largest absolute Gasteiger partial charge is 0.451 e. The third-order valence-electron chi connectivity index (χ3n) is 6.59. The molecule has 0 unspecified atom stereocenters. The first-order valence-electron chi connectivity index (χ1n) is 14.5. The molecule has 1 aromatic rings. The van der Waals surface area contributed by atoms with Crippen molar-refractivity contribution in [3.63, 3.8) is 0 Å². The van der Waals surface area contributed by atoms with Gasteiger partial charge in [0.1, 0.15) is 18.1 Å². The maximum absolute atomic E-state index is 13.3. The van der Waals surface area contributed by atoms with Crippen molar-refractivity contribution in [2.45, 2.75) is 85.0 Å². The number of carbonyl (C=O) groups excluding carboxylic acids is 6. The maximum atomic E-state index is 13.3. The summed E-state index contributed by atoms with van der Waals surface area (Å²) >= 11 is 0. The molecule has 232 valence electrons. The smallest absolute Gasteiger partial charge is 0.329 e. The number of cyclic esters (lactones) is 1.